The molecule has 5 heteroatoms. The van der Waals surface area contributed by atoms with Gasteiger partial charge in [0.1, 0.15) is 0 Å². The number of H-pyrrole nitrogens is 1. The molecule has 2 N–H and O–H groups in total. The Morgan fingerprint density at radius 2 is 2.26 bits per heavy atom. The maximum Gasteiger partial charge on any atom is 0.0671 e. The van der Waals surface area contributed by atoms with Gasteiger partial charge in [-0.25, -0.2) is 0 Å². The first-order valence-corrected chi connectivity index (χ1v) is 6.49. The number of nitrogens with one attached hydrogen (secondary N) is 2. The van der Waals surface area contributed by atoms with Crippen LogP contribution in [0.1, 0.15) is 25.5 Å². The molecule has 19 heavy (non-hydrogen) atoms. The fourth-order valence-corrected chi connectivity index (χ4v) is 2.19. The molecule has 2 heterocycles. The quantitative estimate of drug-likeness (QED) is 0.753. The Kier molecular flexibility index (Phi) is 2.95. The van der Waals surface area contributed by atoms with Crippen molar-refractivity contribution in [3.05, 3.63) is 42.4 Å². The van der Waals surface area contributed by atoms with Gasteiger partial charge < -0.3 is 5.32 Å². The van der Waals surface area contributed by atoms with Gasteiger partial charge in [0.05, 0.1) is 24.0 Å². The third kappa shape index (κ3) is 2.19. The van der Waals surface area contributed by atoms with Gasteiger partial charge in [-0.05, 0) is 26.0 Å². The maximum absolute atomic E-state index is 4.31. The van der Waals surface area contributed by atoms with E-state index in [-0.39, 0.29) is 6.04 Å². The minimum atomic E-state index is 0.209. The molecule has 98 valence electrons. The summed E-state index contributed by atoms with van der Waals surface area (Å²) >= 11 is 0. The van der Waals surface area contributed by atoms with Crippen LogP contribution < -0.4 is 5.32 Å². The standard InChI is InChI=1S/C14H17N5/c1-3-19-9-11(7-16-19)10(2)17-13-5-4-6-14-12(13)8-15-18-14/h4-10,17H,3H2,1-2H3,(H,15,18). The van der Waals surface area contributed by atoms with Crippen LogP contribution >= 0.6 is 0 Å². The van der Waals surface area contributed by atoms with Crippen LogP contribution in [0.4, 0.5) is 5.69 Å². The van der Waals surface area contributed by atoms with Crippen molar-refractivity contribution in [3.63, 3.8) is 0 Å². The predicted molar refractivity (Wildman–Crippen MR) is 76.0 cm³/mol. The lowest BCUT2D eigenvalue weighted by Crippen LogP contribution is -2.06. The maximum atomic E-state index is 4.31. The van der Waals surface area contributed by atoms with Gasteiger partial charge in [-0.15, -0.1) is 0 Å². The molecule has 3 rings (SSSR count). The van der Waals surface area contributed by atoms with Gasteiger partial charge in [-0.2, -0.15) is 10.2 Å². The molecule has 0 aliphatic heterocycles. The normalized spacial score (nSPS) is 12.7. The van der Waals surface area contributed by atoms with Gasteiger partial charge in [0.25, 0.3) is 0 Å². The number of aromatic amines is 1. The number of fused-ring (bicyclic) bond motifs is 1. The van der Waals surface area contributed by atoms with E-state index in [9.17, 15) is 0 Å². The Labute approximate surface area is 111 Å². The lowest BCUT2D eigenvalue weighted by Gasteiger charge is -2.14. The predicted octanol–water partition coefficient (Wildman–Crippen LogP) is 2.95. The zero-order chi connectivity index (χ0) is 13.2. The Morgan fingerprint density at radius 1 is 1.37 bits per heavy atom. The number of hydrogen-bond donors (Lipinski definition) is 2. The Morgan fingerprint density at radius 3 is 3.05 bits per heavy atom. The van der Waals surface area contributed by atoms with Crippen LogP contribution in [0.2, 0.25) is 0 Å². The topological polar surface area (TPSA) is 58.5 Å². The molecular weight excluding hydrogens is 238 g/mol. The molecule has 5 nitrogen and oxygen atoms in total. The second kappa shape index (κ2) is 4.76. The summed E-state index contributed by atoms with van der Waals surface area (Å²) < 4.78 is 1.94. The van der Waals surface area contributed by atoms with E-state index in [1.54, 1.807) is 0 Å². The molecular formula is C14H17N5. The van der Waals surface area contributed by atoms with Crippen LogP contribution in [0.5, 0.6) is 0 Å². The largest absolute Gasteiger partial charge is 0.378 e. The fraction of sp³-hybridized carbons (Fsp3) is 0.286. The van der Waals surface area contributed by atoms with E-state index in [4.69, 9.17) is 0 Å². The monoisotopic (exact) mass is 255 g/mol. The van der Waals surface area contributed by atoms with E-state index in [2.05, 4.69) is 46.7 Å². The highest BCUT2D eigenvalue weighted by Gasteiger charge is 2.10. The molecule has 0 spiro atoms. The Bertz CT molecular complexity index is 682. The number of benzene rings is 1. The van der Waals surface area contributed by atoms with Crippen molar-refractivity contribution in [2.24, 2.45) is 0 Å². The van der Waals surface area contributed by atoms with Crippen molar-refractivity contribution in [1.29, 1.82) is 0 Å². The van der Waals surface area contributed by atoms with Crippen LogP contribution in [0.15, 0.2) is 36.8 Å². The number of anilines is 1. The van der Waals surface area contributed by atoms with E-state index < -0.39 is 0 Å². The average Bonchev–Trinajstić information content (AvgIpc) is 3.08. The third-order valence-corrected chi connectivity index (χ3v) is 3.33. The number of nitrogens with zero attached hydrogens (tertiary/aromatic N) is 3. The van der Waals surface area contributed by atoms with Gasteiger partial charge in [-0.1, -0.05) is 6.07 Å². The molecule has 0 aliphatic carbocycles. The van der Waals surface area contributed by atoms with Gasteiger partial charge in [0.15, 0.2) is 0 Å². The van der Waals surface area contributed by atoms with Crippen LogP contribution in [-0.2, 0) is 6.54 Å². The Balaban J connectivity index is 1.86. The highest BCUT2D eigenvalue weighted by atomic mass is 15.3. The molecule has 0 fully saturated rings. The van der Waals surface area contributed by atoms with Crippen molar-refractivity contribution in [1.82, 2.24) is 20.0 Å². The van der Waals surface area contributed by atoms with Crippen LogP contribution in [0.25, 0.3) is 10.9 Å². The first-order chi connectivity index (χ1) is 9.28. The van der Waals surface area contributed by atoms with E-state index >= 15 is 0 Å². The van der Waals surface area contributed by atoms with Crippen molar-refractivity contribution in [3.8, 4) is 0 Å². The van der Waals surface area contributed by atoms with Gasteiger partial charge >= 0.3 is 0 Å². The summed E-state index contributed by atoms with van der Waals surface area (Å²) in [4.78, 5) is 0. The molecule has 0 radical (unpaired) electrons. The number of rotatable bonds is 4. The lowest BCUT2D eigenvalue weighted by molar-refractivity contribution is 0.658. The summed E-state index contributed by atoms with van der Waals surface area (Å²) in [6.45, 7) is 5.11. The molecule has 0 saturated carbocycles. The van der Waals surface area contributed by atoms with E-state index in [1.165, 1.54) is 5.56 Å². The second-order valence-corrected chi connectivity index (χ2v) is 4.63. The van der Waals surface area contributed by atoms with Crippen LogP contribution in [0, 0.1) is 0 Å². The first kappa shape index (κ1) is 11.8. The van der Waals surface area contributed by atoms with Crippen molar-refractivity contribution < 1.29 is 0 Å². The molecule has 0 saturated heterocycles. The SMILES string of the molecule is CCn1cc(C(C)Nc2cccc3[nH]ncc23)cn1. The zero-order valence-corrected chi connectivity index (χ0v) is 11.1. The lowest BCUT2D eigenvalue weighted by atomic mass is 10.1. The molecule has 1 aromatic carbocycles. The zero-order valence-electron chi connectivity index (χ0n) is 11.1. The molecule has 2 aromatic heterocycles. The summed E-state index contributed by atoms with van der Waals surface area (Å²) in [6.07, 6.45) is 5.84. The molecule has 1 atom stereocenters. The summed E-state index contributed by atoms with van der Waals surface area (Å²) in [5.74, 6) is 0. The van der Waals surface area contributed by atoms with Crippen LogP contribution in [-0.4, -0.2) is 20.0 Å². The highest BCUT2D eigenvalue weighted by Crippen LogP contribution is 2.25. The van der Waals surface area contributed by atoms with Gasteiger partial charge in [0.2, 0.25) is 0 Å². The van der Waals surface area contributed by atoms with Crippen molar-refractivity contribution in [2.75, 3.05) is 5.32 Å². The van der Waals surface area contributed by atoms with E-state index in [1.807, 2.05) is 29.2 Å². The second-order valence-electron chi connectivity index (χ2n) is 4.63. The summed E-state index contributed by atoms with van der Waals surface area (Å²) in [5.41, 5.74) is 3.31. The number of hydrogen-bond acceptors (Lipinski definition) is 3. The molecule has 0 bridgehead atoms. The average molecular weight is 255 g/mol. The summed E-state index contributed by atoms with van der Waals surface area (Å²) in [5, 5.41) is 16.0. The molecule has 0 amide bonds. The van der Waals surface area contributed by atoms with Crippen molar-refractivity contribution in [2.45, 2.75) is 26.4 Å². The van der Waals surface area contributed by atoms with Crippen molar-refractivity contribution >= 4 is 16.6 Å². The van der Waals surface area contributed by atoms with E-state index in [0.717, 1.165) is 23.1 Å². The molecule has 0 aliphatic rings. The van der Waals surface area contributed by atoms with Gasteiger partial charge in [-0.3, -0.25) is 9.78 Å². The van der Waals surface area contributed by atoms with Crippen LogP contribution in [0.3, 0.4) is 0 Å². The first-order valence-electron chi connectivity index (χ1n) is 6.49. The minimum Gasteiger partial charge on any atom is -0.378 e. The minimum absolute atomic E-state index is 0.209. The number of aromatic nitrogens is 4. The highest BCUT2D eigenvalue weighted by molar-refractivity contribution is 5.90. The Hall–Kier alpha value is -2.30. The van der Waals surface area contributed by atoms with Gasteiger partial charge in [0, 0.05) is 29.4 Å². The molecule has 1 unspecified atom stereocenters. The number of aryl methyl sites for hydroxylation is 1. The van der Waals surface area contributed by atoms with E-state index in [0.29, 0.717) is 0 Å². The smallest absolute Gasteiger partial charge is 0.0671 e. The molecule has 3 aromatic rings. The summed E-state index contributed by atoms with van der Waals surface area (Å²) in [7, 11) is 0. The third-order valence-electron chi connectivity index (χ3n) is 3.33. The fourth-order valence-electron chi connectivity index (χ4n) is 2.19. The summed E-state index contributed by atoms with van der Waals surface area (Å²) in [6, 6.07) is 6.32.